The van der Waals surface area contributed by atoms with E-state index in [2.05, 4.69) is 6.92 Å². The summed E-state index contributed by atoms with van der Waals surface area (Å²) in [6, 6.07) is 11.5. The van der Waals surface area contributed by atoms with Crippen molar-refractivity contribution in [3.63, 3.8) is 0 Å². The Bertz CT molecular complexity index is 643. The topological polar surface area (TPSA) is 9.23 Å². The van der Waals surface area contributed by atoms with E-state index < -0.39 is 11.6 Å². The maximum absolute atomic E-state index is 13.3. The van der Waals surface area contributed by atoms with Crippen LogP contribution in [0.3, 0.4) is 0 Å². The maximum Gasteiger partial charge on any atom is 0.159 e. The first-order chi connectivity index (χ1) is 11.1. The van der Waals surface area contributed by atoms with Crippen molar-refractivity contribution in [1.29, 1.82) is 0 Å². The smallest absolute Gasteiger partial charge is 0.159 e. The fourth-order valence-corrected chi connectivity index (χ4v) is 3.13. The van der Waals surface area contributed by atoms with Gasteiger partial charge in [0.15, 0.2) is 11.6 Å². The number of ether oxygens (including phenoxy) is 1. The van der Waals surface area contributed by atoms with E-state index in [1.165, 1.54) is 31.7 Å². The van der Waals surface area contributed by atoms with Gasteiger partial charge in [0, 0.05) is 0 Å². The summed E-state index contributed by atoms with van der Waals surface area (Å²) in [4.78, 5) is 0. The zero-order valence-corrected chi connectivity index (χ0v) is 13.4. The molecule has 3 heteroatoms. The maximum atomic E-state index is 13.3. The Kier molecular flexibility index (Phi) is 4.94. The number of halogens is 2. The molecule has 0 spiro atoms. The summed E-state index contributed by atoms with van der Waals surface area (Å²) in [6.45, 7) is 3.07. The summed E-state index contributed by atoms with van der Waals surface area (Å²) < 4.78 is 32.2. The standard InChI is InChI=1S/C20H22F2O/c1-14-2-4-15(5-3-14)13-23-18-9-6-16(7-10-18)17-8-11-19(21)20(22)12-17/h6-12,14-15H,2-5,13H2,1H3. The normalized spacial score (nSPS) is 21.2. The number of benzene rings is 2. The highest BCUT2D eigenvalue weighted by molar-refractivity contribution is 5.64. The highest BCUT2D eigenvalue weighted by atomic mass is 19.2. The van der Waals surface area contributed by atoms with Gasteiger partial charge in [-0.2, -0.15) is 0 Å². The molecule has 0 heterocycles. The molecule has 0 atom stereocenters. The molecule has 1 nitrogen and oxygen atoms in total. The lowest BCUT2D eigenvalue weighted by Gasteiger charge is -2.26. The molecule has 1 saturated carbocycles. The molecule has 0 amide bonds. The molecular formula is C20H22F2O. The molecular weight excluding hydrogens is 294 g/mol. The third-order valence-electron chi connectivity index (χ3n) is 4.73. The zero-order valence-electron chi connectivity index (χ0n) is 13.4. The molecule has 23 heavy (non-hydrogen) atoms. The van der Waals surface area contributed by atoms with E-state index in [0.717, 1.165) is 29.9 Å². The average molecular weight is 316 g/mol. The van der Waals surface area contributed by atoms with E-state index in [9.17, 15) is 8.78 Å². The molecule has 2 aromatic carbocycles. The molecule has 0 aromatic heterocycles. The van der Waals surface area contributed by atoms with Gasteiger partial charge in [-0.25, -0.2) is 8.78 Å². The molecule has 2 aromatic rings. The van der Waals surface area contributed by atoms with Crippen LogP contribution in [0.25, 0.3) is 11.1 Å². The second kappa shape index (κ2) is 7.12. The first-order valence-electron chi connectivity index (χ1n) is 8.30. The quantitative estimate of drug-likeness (QED) is 0.689. The summed E-state index contributed by atoms with van der Waals surface area (Å²) in [7, 11) is 0. The summed E-state index contributed by atoms with van der Waals surface area (Å²) in [5.74, 6) is 0.679. The Balaban J connectivity index is 1.59. The SMILES string of the molecule is CC1CCC(COc2ccc(-c3ccc(F)c(F)c3)cc2)CC1. The fraction of sp³-hybridized carbons (Fsp3) is 0.400. The van der Waals surface area contributed by atoms with E-state index in [4.69, 9.17) is 4.74 Å². The predicted octanol–water partition coefficient (Wildman–Crippen LogP) is 5.84. The van der Waals surface area contributed by atoms with Gasteiger partial charge >= 0.3 is 0 Å². The van der Waals surface area contributed by atoms with Crippen LogP contribution in [-0.2, 0) is 0 Å². The average Bonchev–Trinajstić information content (AvgIpc) is 2.57. The molecule has 0 radical (unpaired) electrons. The molecule has 1 aliphatic carbocycles. The van der Waals surface area contributed by atoms with Gasteiger partial charge in [0.25, 0.3) is 0 Å². The minimum Gasteiger partial charge on any atom is -0.493 e. The number of rotatable bonds is 4. The second-order valence-electron chi connectivity index (χ2n) is 6.59. The van der Waals surface area contributed by atoms with Crippen molar-refractivity contribution < 1.29 is 13.5 Å². The van der Waals surface area contributed by atoms with Gasteiger partial charge < -0.3 is 4.74 Å². The van der Waals surface area contributed by atoms with E-state index in [1.54, 1.807) is 6.07 Å². The lowest BCUT2D eigenvalue weighted by Crippen LogP contribution is -2.18. The van der Waals surface area contributed by atoms with Gasteiger partial charge in [-0.3, -0.25) is 0 Å². The van der Waals surface area contributed by atoms with Crippen molar-refractivity contribution in [2.24, 2.45) is 11.8 Å². The largest absolute Gasteiger partial charge is 0.493 e. The Morgan fingerprint density at radius 2 is 1.52 bits per heavy atom. The molecule has 0 bridgehead atoms. The lowest BCUT2D eigenvalue weighted by atomic mass is 9.83. The van der Waals surface area contributed by atoms with Crippen molar-refractivity contribution in [3.05, 3.63) is 54.1 Å². The molecule has 1 aliphatic rings. The van der Waals surface area contributed by atoms with E-state index in [1.807, 2.05) is 24.3 Å². The number of hydrogen-bond donors (Lipinski definition) is 0. The molecule has 0 aliphatic heterocycles. The van der Waals surface area contributed by atoms with E-state index in [-0.39, 0.29) is 0 Å². The second-order valence-corrected chi connectivity index (χ2v) is 6.59. The summed E-state index contributed by atoms with van der Waals surface area (Å²) in [5.41, 5.74) is 1.51. The minimum absolute atomic E-state index is 0.650. The molecule has 122 valence electrons. The fourth-order valence-electron chi connectivity index (χ4n) is 3.13. The Hall–Kier alpha value is -1.90. The Morgan fingerprint density at radius 1 is 0.870 bits per heavy atom. The van der Waals surface area contributed by atoms with Gasteiger partial charge in [0.05, 0.1) is 6.61 Å². The Morgan fingerprint density at radius 3 is 2.17 bits per heavy atom. The van der Waals surface area contributed by atoms with Crippen LogP contribution in [0, 0.1) is 23.5 Å². The molecule has 1 fully saturated rings. The van der Waals surface area contributed by atoms with Crippen LogP contribution >= 0.6 is 0 Å². The van der Waals surface area contributed by atoms with Crippen LogP contribution in [-0.4, -0.2) is 6.61 Å². The van der Waals surface area contributed by atoms with Crippen LogP contribution in [0.15, 0.2) is 42.5 Å². The van der Waals surface area contributed by atoms with Crippen LogP contribution in [0.5, 0.6) is 5.75 Å². The first kappa shape index (κ1) is 16.0. The molecule has 3 rings (SSSR count). The lowest BCUT2D eigenvalue weighted by molar-refractivity contribution is 0.188. The molecule has 0 saturated heterocycles. The van der Waals surface area contributed by atoms with Gasteiger partial charge in [-0.05, 0) is 60.1 Å². The monoisotopic (exact) mass is 316 g/mol. The van der Waals surface area contributed by atoms with Gasteiger partial charge in [-0.15, -0.1) is 0 Å². The minimum atomic E-state index is -0.825. The van der Waals surface area contributed by atoms with Gasteiger partial charge in [0.2, 0.25) is 0 Å². The summed E-state index contributed by atoms with van der Waals surface area (Å²) in [5, 5.41) is 0. The van der Waals surface area contributed by atoms with Crippen LogP contribution in [0.2, 0.25) is 0 Å². The van der Waals surface area contributed by atoms with E-state index >= 15 is 0 Å². The van der Waals surface area contributed by atoms with Gasteiger partial charge in [-0.1, -0.05) is 38.0 Å². The number of hydrogen-bond acceptors (Lipinski definition) is 1. The highest BCUT2D eigenvalue weighted by Gasteiger charge is 2.18. The van der Waals surface area contributed by atoms with Crippen LogP contribution in [0.1, 0.15) is 32.6 Å². The van der Waals surface area contributed by atoms with E-state index in [0.29, 0.717) is 11.5 Å². The van der Waals surface area contributed by atoms with Crippen molar-refractivity contribution in [2.45, 2.75) is 32.6 Å². The van der Waals surface area contributed by atoms with Crippen molar-refractivity contribution in [3.8, 4) is 16.9 Å². The van der Waals surface area contributed by atoms with Gasteiger partial charge in [0.1, 0.15) is 5.75 Å². The predicted molar refractivity (Wildman–Crippen MR) is 88.4 cm³/mol. The van der Waals surface area contributed by atoms with Crippen LogP contribution < -0.4 is 4.74 Å². The van der Waals surface area contributed by atoms with Crippen molar-refractivity contribution in [1.82, 2.24) is 0 Å². The third kappa shape index (κ3) is 4.10. The molecule has 0 unspecified atom stereocenters. The summed E-state index contributed by atoms with van der Waals surface area (Å²) >= 11 is 0. The summed E-state index contributed by atoms with van der Waals surface area (Å²) in [6.07, 6.45) is 5.08. The zero-order chi connectivity index (χ0) is 16.2. The molecule has 0 N–H and O–H groups in total. The van der Waals surface area contributed by atoms with Crippen LogP contribution in [0.4, 0.5) is 8.78 Å². The third-order valence-corrected chi connectivity index (χ3v) is 4.73. The highest BCUT2D eigenvalue weighted by Crippen LogP contribution is 2.29. The van der Waals surface area contributed by atoms with Crippen molar-refractivity contribution >= 4 is 0 Å². The Labute approximate surface area is 136 Å². The van der Waals surface area contributed by atoms with Crippen molar-refractivity contribution in [2.75, 3.05) is 6.61 Å². The first-order valence-corrected chi connectivity index (χ1v) is 8.30.